The van der Waals surface area contributed by atoms with Crippen molar-refractivity contribution in [1.82, 2.24) is 0 Å². The minimum absolute atomic E-state index is 0.240. The molecule has 0 heterocycles. The van der Waals surface area contributed by atoms with E-state index in [1.165, 1.54) is 0 Å². The SMILES string of the molecule is C=C(C)C(O)CCC(C)CCO.Oc1ccccc1.Oc1ccccc1. The number of aliphatic hydroxyl groups excluding tert-OH is 2. The third-order valence-electron chi connectivity index (χ3n) is 3.64. The number of phenols is 2. The first-order valence-corrected chi connectivity index (χ1v) is 8.79. The summed E-state index contributed by atoms with van der Waals surface area (Å²) >= 11 is 0. The van der Waals surface area contributed by atoms with Gasteiger partial charge in [-0.2, -0.15) is 0 Å². The van der Waals surface area contributed by atoms with Crippen LogP contribution in [0.1, 0.15) is 33.1 Å². The van der Waals surface area contributed by atoms with Crippen molar-refractivity contribution in [1.29, 1.82) is 0 Å². The average Bonchev–Trinajstić information content (AvgIpc) is 2.62. The van der Waals surface area contributed by atoms with Gasteiger partial charge in [0.15, 0.2) is 0 Å². The van der Waals surface area contributed by atoms with E-state index in [0.717, 1.165) is 24.8 Å². The van der Waals surface area contributed by atoms with Gasteiger partial charge in [0.05, 0.1) is 6.10 Å². The Bertz CT molecular complexity index is 532. The van der Waals surface area contributed by atoms with Crippen molar-refractivity contribution in [3.63, 3.8) is 0 Å². The largest absolute Gasteiger partial charge is 0.508 e. The molecule has 4 N–H and O–H groups in total. The number of hydrogen-bond donors (Lipinski definition) is 4. The average molecular weight is 360 g/mol. The molecule has 144 valence electrons. The zero-order chi connectivity index (χ0) is 19.8. The fraction of sp³-hybridized carbons (Fsp3) is 0.364. The van der Waals surface area contributed by atoms with Crippen molar-refractivity contribution in [3.05, 3.63) is 72.8 Å². The Morgan fingerprint density at radius 3 is 1.54 bits per heavy atom. The first-order chi connectivity index (χ1) is 12.4. The van der Waals surface area contributed by atoms with Gasteiger partial charge in [0.2, 0.25) is 0 Å². The molecule has 0 saturated heterocycles. The predicted molar refractivity (Wildman–Crippen MR) is 107 cm³/mol. The molecule has 4 nitrogen and oxygen atoms in total. The molecular weight excluding hydrogens is 328 g/mol. The molecular formula is C22H32O4. The van der Waals surface area contributed by atoms with Crippen molar-refractivity contribution in [2.24, 2.45) is 5.92 Å². The highest BCUT2D eigenvalue weighted by Crippen LogP contribution is 2.14. The van der Waals surface area contributed by atoms with E-state index in [9.17, 15) is 5.11 Å². The number of aromatic hydroxyl groups is 2. The monoisotopic (exact) mass is 360 g/mol. The summed E-state index contributed by atoms with van der Waals surface area (Å²) in [6.07, 6.45) is 2.17. The van der Waals surface area contributed by atoms with Crippen molar-refractivity contribution in [3.8, 4) is 11.5 Å². The third-order valence-corrected chi connectivity index (χ3v) is 3.64. The van der Waals surface area contributed by atoms with Gasteiger partial charge in [-0.15, -0.1) is 0 Å². The summed E-state index contributed by atoms with van der Waals surface area (Å²) < 4.78 is 0. The van der Waals surface area contributed by atoms with Gasteiger partial charge < -0.3 is 20.4 Å². The summed E-state index contributed by atoms with van der Waals surface area (Å²) in [5.41, 5.74) is 0.825. The van der Waals surface area contributed by atoms with Crippen LogP contribution in [0.3, 0.4) is 0 Å². The second-order valence-electron chi connectivity index (χ2n) is 6.23. The highest BCUT2D eigenvalue weighted by Gasteiger charge is 2.07. The number of phenolic OH excluding ortho intramolecular Hbond substituents is 2. The molecule has 0 bridgehead atoms. The fourth-order valence-electron chi connectivity index (χ4n) is 1.91. The Morgan fingerprint density at radius 1 is 0.846 bits per heavy atom. The maximum absolute atomic E-state index is 9.38. The Hall–Kier alpha value is -2.30. The second kappa shape index (κ2) is 15.0. The molecule has 0 aliphatic heterocycles. The summed E-state index contributed by atoms with van der Waals surface area (Å²) in [7, 11) is 0. The molecule has 0 saturated carbocycles. The smallest absolute Gasteiger partial charge is 0.115 e. The van der Waals surface area contributed by atoms with Crippen molar-refractivity contribution in [2.45, 2.75) is 39.2 Å². The van der Waals surface area contributed by atoms with Crippen LogP contribution in [0.25, 0.3) is 0 Å². The van der Waals surface area contributed by atoms with Gasteiger partial charge in [0.1, 0.15) is 11.5 Å². The van der Waals surface area contributed by atoms with Crippen molar-refractivity contribution >= 4 is 0 Å². The van der Waals surface area contributed by atoms with E-state index in [1.54, 1.807) is 48.5 Å². The molecule has 0 aliphatic carbocycles. The van der Waals surface area contributed by atoms with Gasteiger partial charge in [0, 0.05) is 6.61 Å². The topological polar surface area (TPSA) is 80.9 Å². The second-order valence-corrected chi connectivity index (χ2v) is 6.23. The van der Waals surface area contributed by atoms with Gasteiger partial charge >= 0.3 is 0 Å². The molecule has 0 aromatic heterocycles. The van der Waals surface area contributed by atoms with Gasteiger partial charge in [-0.05, 0) is 56.4 Å². The summed E-state index contributed by atoms with van der Waals surface area (Å²) in [6, 6.07) is 17.4. The van der Waals surface area contributed by atoms with E-state index < -0.39 is 0 Å². The zero-order valence-electron chi connectivity index (χ0n) is 15.8. The predicted octanol–water partition coefficient (Wildman–Crippen LogP) is 4.51. The molecule has 4 heteroatoms. The van der Waals surface area contributed by atoms with Crippen LogP contribution in [-0.4, -0.2) is 33.1 Å². The Kier molecular flexibility index (Phi) is 13.7. The van der Waals surface area contributed by atoms with E-state index >= 15 is 0 Å². The summed E-state index contributed by atoms with van der Waals surface area (Å²) in [4.78, 5) is 0. The van der Waals surface area contributed by atoms with Crippen LogP contribution in [0.5, 0.6) is 11.5 Å². The third kappa shape index (κ3) is 14.1. The van der Waals surface area contributed by atoms with E-state index in [2.05, 4.69) is 13.5 Å². The molecule has 0 fully saturated rings. The highest BCUT2D eigenvalue weighted by molar-refractivity contribution is 5.19. The van der Waals surface area contributed by atoms with Crippen LogP contribution >= 0.6 is 0 Å². The fourth-order valence-corrected chi connectivity index (χ4v) is 1.91. The Labute approximate surface area is 157 Å². The number of para-hydroxylation sites is 2. The number of aliphatic hydroxyl groups is 2. The van der Waals surface area contributed by atoms with Crippen LogP contribution in [0, 0.1) is 5.92 Å². The molecule has 2 atom stereocenters. The molecule has 0 aliphatic rings. The van der Waals surface area contributed by atoms with Crippen molar-refractivity contribution < 1.29 is 20.4 Å². The van der Waals surface area contributed by atoms with Crippen LogP contribution in [0.15, 0.2) is 72.8 Å². The van der Waals surface area contributed by atoms with E-state index in [-0.39, 0.29) is 12.7 Å². The lowest BCUT2D eigenvalue weighted by Gasteiger charge is -2.13. The zero-order valence-corrected chi connectivity index (χ0v) is 15.8. The molecule has 2 unspecified atom stereocenters. The van der Waals surface area contributed by atoms with Crippen molar-refractivity contribution in [2.75, 3.05) is 6.61 Å². The molecule has 0 amide bonds. The molecule has 2 aromatic carbocycles. The molecule has 2 rings (SSSR count). The number of hydrogen-bond acceptors (Lipinski definition) is 4. The maximum Gasteiger partial charge on any atom is 0.115 e. The summed E-state index contributed by atoms with van der Waals surface area (Å²) in [5, 5.41) is 35.3. The minimum Gasteiger partial charge on any atom is -0.508 e. The standard InChI is InChI=1S/C10H20O2.2C6H6O/c1-8(2)10(12)5-4-9(3)6-7-11;2*7-6-4-2-1-3-5-6/h9-12H,1,4-7H2,2-3H3;2*1-5,7H. The summed E-state index contributed by atoms with van der Waals surface area (Å²) in [5.74, 6) is 1.13. The first kappa shape index (κ1) is 23.7. The Balaban J connectivity index is 0.000000381. The molecule has 2 aromatic rings. The van der Waals surface area contributed by atoms with Crippen LogP contribution in [0.2, 0.25) is 0 Å². The lowest BCUT2D eigenvalue weighted by molar-refractivity contribution is 0.183. The highest BCUT2D eigenvalue weighted by atomic mass is 16.3. The molecule has 0 spiro atoms. The minimum atomic E-state index is -0.369. The van der Waals surface area contributed by atoms with Gasteiger partial charge in [-0.25, -0.2) is 0 Å². The maximum atomic E-state index is 9.38. The van der Waals surface area contributed by atoms with E-state index in [1.807, 2.05) is 19.1 Å². The van der Waals surface area contributed by atoms with Crippen LogP contribution in [0.4, 0.5) is 0 Å². The quantitative estimate of drug-likeness (QED) is 0.572. The summed E-state index contributed by atoms with van der Waals surface area (Å²) in [6.45, 7) is 7.84. The van der Waals surface area contributed by atoms with Crippen LogP contribution < -0.4 is 0 Å². The van der Waals surface area contributed by atoms with E-state index in [0.29, 0.717) is 17.4 Å². The number of benzene rings is 2. The Morgan fingerprint density at radius 2 is 1.27 bits per heavy atom. The lowest BCUT2D eigenvalue weighted by Crippen LogP contribution is -2.09. The number of rotatable bonds is 6. The van der Waals surface area contributed by atoms with Gasteiger partial charge in [-0.1, -0.05) is 55.5 Å². The van der Waals surface area contributed by atoms with E-state index in [4.69, 9.17) is 15.3 Å². The molecule has 0 radical (unpaired) electrons. The molecule has 26 heavy (non-hydrogen) atoms. The lowest BCUT2D eigenvalue weighted by atomic mass is 9.98. The first-order valence-electron chi connectivity index (χ1n) is 8.79. The van der Waals surface area contributed by atoms with Crippen LogP contribution in [-0.2, 0) is 0 Å². The van der Waals surface area contributed by atoms with Gasteiger partial charge in [-0.3, -0.25) is 0 Å². The normalized spacial score (nSPS) is 11.8. The van der Waals surface area contributed by atoms with Gasteiger partial charge in [0.25, 0.3) is 0 Å².